The summed E-state index contributed by atoms with van der Waals surface area (Å²) in [7, 11) is 0. The summed E-state index contributed by atoms with van der Waals surface area (Å²) in [4.78, 5) is 8.29. The minimum atomic E-state index is -4.45. The van der Waals surface area contributed by atoms with E-state index in [-0.39, 0.29) is 11.0 Å². The molecule has 1 atom stereocenters. The van der Waals surface area contributed by atoms with Crippen LogP contribution in [0, 0.1) is 0 Å². The molecule has 24 heavy (non-hydrogen) atoms. The molecule has 0 bridgehead atoms. The number of anilines is 2. The Morgan fingerprint density at radius 3 is 2.71 bits per heavy atom. The zero-order valence-electron chi connectivity index (χ0n) is 12.7. The van der Waals surface area contributed by atoms with Gasteiger partial charge in [-0.05, 0) is 42.3 Å². The molecule has 0 saturated heterocycles. The van der Waals surface area contributed by atoms with Crippen LogP contribution in [0.5, 0.6) is 0 Å². The second kappa shape index (κ2) is 6.10. The highest BCUT2D eigenvalue weighted by atomic mass is 35.5. The maximum atomic E-state index is 12.9. The molecular formula is C15H15ClF3N5. The lowest BCUT2D eigenvalue weighted by Crippen LogP contribution is -2.13. The number of nitrogens with zero attached hydrogens (tertiary/aromatic N) is 2. The van der Waals surface area contributed by atoms with E-state index in [1.54, 1.807) is 6.92 Å². The molecule has 0 saturated carbocycles. The minimum Gasteiger partial charge on any atom is -0.399 e. The lowest BCUT2D eigenvalue weighted by atomic mass is 10.0. The molecule has 2 heterocycles. The number of nitrogens with two attached hydrogens (primary N) is 1. The molecule has 1 aliphatic rings. The molecule has 0 aliphatic carbocycles. The first kappa shape index (κ1) is 16.8. The predicted molar refractivity (Wildman–Crippen MR) is 85.5 cm³/mol. The van der Waals surface area contributed by atoms with Crippen molar-refractivity contribution >= 4 is 23.1 Å². The molecule has 128 valence electrons. The maximum Gasteiger partial charge on any atom is 0.416 e. The number of hydrogen-bond acceptors (Lipinski definition) is 5. The van der Waals surface area contributed by atoms with Gasteiger partial charge in [0.2, 0.25) is 5.28 Å². The van der Waals surface area contributed by atoms with Crippen LogP contribution in [0.3, 0.4) is 0 Å². The van der Waals surface area contributed by atoms with E-state index in [1.165, 1.54) is 6.07 Å². The van der Waals surface area contributed by atoms with Gasteiger partial charge in [-0.1, -0.05) is 0 Å². The third-order valence-corrected chi connectivity index (χ3v) is 3.99. The second-order valence-electron chi connectivity index (χ2n) is 5.62. The molecule has 3 rings (SSSR count). The summed E-state index contributed by atoms with van der Waals surface area (Å²) in [5, 5.41) is 6.34. The minimum absolute atomic E-state index is 0.0566. The molecule has 1 aliphatic heterocycles. The monoisotopic (exact) mass is 357 g/mol. The first-order valence-corrected chi connectivity index (χ1v) is 7.62. The van der Waals surface area contributed by atoms with Gasteiger partial charge in [0.05, 0.1) is 17.3 Å². The van der Waals surface area contributed by atoms with Crippen molar-refractivity contribution in [1.82, 2.24) is 15.3 Å². The van der Waals surface area contributed by atoms with Crippen LogP contribution >= 0.6 is 11.6 Å². The lowest BCUT2D eigenvalue weighted by molar-refractivity contribution is -0.137. The van der Waals surface area contributed by atoms with Crippen LogP contribution in [0.4, 0.5) is 24.7 Å². The summed E-state index contributed by atoms with van der Waals surface area (Å²) < 4.78 is 38.8. The van der Waals surface area contributed by atoms with Crippen molar-refractivity contribution in [2.24, 2.45) is 0 Å². The van der Waals surface area contributed by atoms with E-state index in [4.69, 9.17) is 17.3 Å². The second-order valence-corrected chi connectivity index (χ2v) is 5.96. The quantitative estimate of drug-likeness (QED) is 0.579. The topological polar surface area (TPSA) is 75.9 Å². The highest BCUT2D eigenvalue weighted by molar-refractivity contribution is 6.28. The van der Waals surface area contributed by atoms with Crippen molar-refractivity contribution in [3.8, 4) is 0 Å². The molecule has 9 heteroatoms. The van der Waals surface area contributed by atoms with Crippen molar-refractivity contribution in [2.75, 3.05) is 11.1 Å². The number of aromatic nitrogens is 2. The Morgan fingerprint density at radius 2 is 2.00 bits per heavy atom. The number of alkyl halides is 3. The number of hydrogen-bond donors (Lipinski definition) is 3. The van der Waals surface area contributed by atoms with Gasteiger partial charge >= 0.3 is 6.18 Å². The average Bonchev–Trinajstić information content (AvgIpc) is 2.93. The van der Waals surface area contributed by atoms with Gasteiger partial charge in [0, 0.05) is 24.3 Å². The van der Waals surface area contributed by atoms with Crippen molar-refractivity contribution in [1.29, 1.82) is 0 Å². The molecule has 0 radical (unpaired) electrons. The Morgan fingerprint density at radius 1 is 1.25 bits per heavy atom. The zero-order chi connectivity index (χ0) is 17.5. The summed E-state index contributed by atoms with van der Waals surface area (Å²) in [6, 6.07) is 3.06. The van der Waals surface area contributed by atoms with E-state index in [9.17, 15) is 13.2 Å². The number of fused-ring (bicyclic) bond motifs is 1. The van der Waals surface area contributed by atoms with E-state index in [0.29, 0.717) is 24.5 Å². The van der Waals surface area contributed by atoms with Gasteiger partial charge in [0.25, 0.3) is 0 Å². The summed E-state index contributed by atoms with van der Waals surface area (Å²) in [6.07, 6.45) is -4.45. The number of halogens is 4. The first-order chi connectivity index (χ1) is 11.2. The van der Waals surface area contributed by atoms with E-state index in [1.807, 2.05) is 0 Å². The van der Waals surface area contributed by atoms with Gasteiger partial charge in [-0.3, -0.25) is 0 Å². The normalized spacial score (nSPS) is 15.2. The summed E-state index contributed by atoms with van der Waals surface area (Å²) in [5.74, 6) is 0.512. The smallest absolute Gasteiger partial charge is 0.399 e. The molecule has 0 fully saturated rings. The fourth-order valence-corrected chi connectivity index (χ4v) is 2.82. The van der Waals surface area contributed by atoms with Gasteiger partial charge in [-0.2, -0.15) is 13.2 Å². The van der Waals surface area contributed by atoms with Crippen LogP contribution in [0.2, 0.25) is 5.28 Å². The Balaban J connectivity index is 1.91. The van der Waals surface area contributed by atoms with Gasteiger partial charge < -0.3 is 16.4 Å². The molecular weight excluding hydrogens is 343 g/mol. The van der Waals surface area contributed by atoms with Gasteiger partial charge in [0.1, 0.15) is 5.82 Å². The fourth-order valence-electron chi connectivity index (χ4n) is 2.64. The molecule has 4 N–H and O–H groups in total. The van der Waals surface area contributed by atoms with E-state index in [2.05, 4.69) is 20.6 Å². The molecule has 0 amide bonds. The first-order valence-electron chi connectivity index (χ1n) is 7.24. The fraction of sp³-hybridized carbons (Fsp3) is 0.333. The van der Waals surface area contributed by atoms with E-state index < -0.39 is 17.8 Å². The van der Waals surface area contributed by atoms with Crippen molar-refractivity contribution in [2.45, 2.75) is 32.2 Å². The molecule has 0 unspecified atom stereocenters. The highest BCUT2D eigenvalue weighted by Gasteiger charge is 2.31. The van der Waals surface area contributed by atoms with E-state index in [0.717, 1.165) is 23.4 Å². The standard InChI is InChI=1S/C15H15ClF3N5/c1-7(8-2-9(15(17,18)19)4-10(20)3-8)22-13-11-5-21-6-12(11)23-14(16)24-13/h2-4,7,21H,5-6,20H2,1H3,(H,22,23,24)/t7-/m1/s1. The molecule has 2 aromatic rings. The number of benzene rings is 1. The van der Waals surface area contributed by atoms with Crippen molar-refractivity contribution in [3.63, 3.8) is 0 Å². The number of nitrogens with one attached hydrogen (secondary N) is 2. The summed E-state index contributed by atoms with van der Waals surface area (Å²) in [6.45, 7) is 2.89. The Hall–Kier alpha value is -2.06. The largest absolute Gasteiger partial charge is 0.416 e. The van der Waals surface area contributed by atoms with Crippen molar-refractivity contribution < 1.29 is 13.2 Å². The van der Waals surface area contributed by atoms with Crippen LogP contribution < -0.4 is 16.4 Å². The highest BCUT2D eigenvalue weighted by Crippen LogP contribution is 2.34. The Labute approximate surface area is 141 Å². The number of rotatable bonds is 3. The van der Waals surface area contributed by atoms with Crippen LogP contribution in [0.15, 0.2) is 18.2 Å². The van der Waals surface area contributed by atoms with Crippen LogP contribution in [-0.4, -0.2) is 9.97 Å². The summed E-state index contributed by atoms with van der Waals surface area (Å²) in [5.41, 5.74) is 6.96. The molecule has 1 aromatic carbocycles. The average molecular weight is 358 g/mol. The SMILES string of the molecule is C[C@@H](Nc1nc(Cl)nc2c1CNC2)c1cc(N)cc(C(F)(F)F)c1. The van der Waals surface area contributed by atoms with Gasteiger partial charge in [-0.25, -0.2) is 9.97 Å². The molecule has 5 nitrogen and oxygen atoms in total. The lowest BCUT2D eigenvalue weighted by Gasteiger charge is -2.19. The zero-order valence-corrected chi connectivity index (χ0v) is 13.5. The van der Waals surface area contributed by atoms with E-state index >= 15 is 0 Å². The van der Waals surface area contributed by atoms with Gasteiger partial charge in [-0.15, -0.1) is 0 Å². The van der Waals surface area contributed by atoms with Crippen LogP contribution in [0.25, 0.3) is 0 Å². The molecule has 0 spiro atoms. The third kappa shape index (κ3) is 3.39. The predicted octanol–water partition coefficient (Wildman–Crippen LogP) is 3.51. The number of nitrogen functional groups attached to an aromatic ring is 1. The van der Waals surface area contributed by atoms with Crippen molar-refractivity contribution in [3.05, 3.63) is 45.9 Å². The maximum absolute atomic E-state index is 12.9. The Kier molecular flexibility index (Phi) is 4.27. The van der Waals surface area contributed by atoms with Crippen LogP contribution in [0.1, 0.15) is 35.3 Å². The molecule has 1 aromatic heterocycles. The Bertz CT molecular complexity index is 778. The summed E-state index contributed by atoms with van der Waals surface area (Å²) >= 11 is 5.91. The van der Waals surface area contributed by atoms with Crippen LogP contribution in [-0.2, 0) is 19.3 Å². The third-order valence-electron chi connectivity index (χ3n) is 3.82. The van der Waals surface area contributed by atoms with Gasteiger partial charge in [0.15, 0.2) is 0 Å².